The van der Waals surface area contributed by atoms with Gasteiger partial charge in [-0.3, -0.25) is 4.79 Å². The van der Waals surface area contributed by atoms with Gasteiger partial charge in [0.15, 0.2) is 0 Å². The molecular weight excluding hydrogens is 313 g/mol. The Hall–Kier alpha value is -0.870. The lowest BCUT2D eigenvalue weighted by atomic mass is 10.1. The van der Waals surface area contributed by atoms with Gasteiger partial charge in [-0.05, 0) is 19.8 Å². The van der Waals surface area contributed by atoms with Crippen LogP contribution in [0.15, 0.2) is 0 Å². The zero-order valence-corrected chi connectivity index (χ0v) is 12.6. The summed E-state index contributed by atoms with van der Waals surface area (Å²) >= 11 is 0. The average Bonchev–Trinajstić information content (AvgIpc) is 2.32. The summed E-state index contributed by atoms with van der Waals surface area (Å²) < 4.78 is 65.3. The van der Waals surface area contributed by atoms with Gasteiger partial charge in [0.2, 0.25) is 10.0 Å². The summed E-state index contributed by atoms with van der Waals surface area (Å²) in [6, 6.07) is -0.424. The molecular formula is C11H19F3N2O4S. The zero-order chi connectivity index (χ0) is 16.3. The van der Waals surface area contributed by atoms with Crippen molar-refractivity contribution in [3.05, 3.63) is 0 Å². The Morgan fingerprint density at radius 1 is 1.48 bits per heavy atom. The summed E-state index contributed by atoms with van der Waals surface area (Å²) in [5.41, 5.74) is 0. The van der Waals surface area contributed by atoms with Gasteiger partial charge in [0.25, 0.3) is 5.91 Å². The lowest BCUT2D eigenvalue weighted by Gasteiger charge is -2.34. The third-order valence-corrected chi connectivity index (χ3v) is 3.72. The number of likely N-dealkylation sites (tertiary alicyclic amines) is 1. The Morgan fingerprint density at radius 3 is 2.62 bits per heavy atom. The number of rotatable bonds is 5. The van der Waals surface area contributed by atoms with E-state index >= 15 is 0 Å². The molecule has 1 amide bonds. The second kappa shape index (κ2) is 6.93. The first-order chi connectivity index (χ1) is 9.48. The van der Waals surface area contributed by atoms with Crippen LogP contribution in [0.25, 0.3) is 0 Å². The highest BCUT2D eigenvalue weighted by molar-refractivity contribution is 7.88. The number of alkyl halides is 3. The predicted molar refractivity (Wildman–Crippen MR) is 69.1 cm³/mol. The monoisotopic (exact) mass is 332 g/mol. The van der Waals surface area contributed by atoms with Gasteiger partial charge < -0.3 is 9.64 Å². The molecule has 0 bridgehead atoms. The van der Waals surface area contributed by atoms with E-state index < -0.39 is 40.9 Å². The lowest BCUT2D eigenvalue weighted by Crippen LogP contribution is -2.51. The molecule has 0 aliphatic carbocycles. The summed E-state index contributed by atoms with van der Waals surface area (Å²) in [6.07, 6.45) is -3.54. The van der Waals surface area contributed by atoms with Gasteiger partial charge in [0, 0.05) is 19.1 Å². The van der Waals surface area contributed by atoms with Crippen LogP contribution in [0.2, 0.25) is 0 Å². The molecule has 2 unspecified atom stereocenters. The second-order valence-electron chi connectivity index (χ2n) is 5.08. The van der Waals surface area contributed by atoms with Crippen molar-refractivity contribution in [1.82, 2.24) is 9.62 Å². The van der Waals surface area contributed by atoms with Crippen LogP contribution >= 0.6 is 0 Å². The number of carbonyl (C=O) groups excluding carboxylic acids is 1. The average molecular weight is 332 g/mol. The van der Waals surface area contributed by atoms with Crippen molar-refractivity contribution in [3.8, 4) is 0 Å². The van der Waals surface area contributed by atoms with E-state index in [-0.39, 0.29) is 6.54 Å². The molecule has 6 nitrogen and oxygen atoms in total. The highest BCUT2D eigenvalue weighted by Gasteiger charge is 2.32. The van der Waals surface area contributed by atoms with Gasteiger partial charge in [-0.2, -0.15) is 13.2 Å². The van der Waals surface area contributed by atoms with E-state index in [2.05, 4.69) is 9.46 Å². The SMILES string of the molecule is CC(OCC(F)(F)F)C(=O)N1CCCC(NS(C)(=O)=O)C1. The summed E-state index contributed by atoms with van der Waals surface area (Å²) in [6.45, 7) is 0.270. The van der Waals surface area contributed by atoms with Crippen LogP contribution in [0.1, 0.15) is 19.8 Å². The molecule has 10 heteroatoms. The van der Waals surface area contributed by atoms with Gasteiger partial charge in [-0.1, -0.05) is 0 Å². The van der Waals surface area contributed by atoms with E-state index in [0.717, 1.165) is 6.26 Å². The molecule has 1 N–H and O–H groups in total. The van der Waals surface area contributed by atoms with Gasteiger partial charge in [-0.15, -0.1) is 0 Å². The Morgan fingerprint density at radius 2 is 2.10 bits per heavy atom. The minimum Gasteiger partial charge on any atom is -0.359 e. The van der Waals surface area contributed by atoms with E-state index in [0.29, 0.717) is 19.4 Å². The maximum Gasteiger partial charge on any atom is 0.411 e. The van der Waals surface area contributed by atoms with Crippen molar-refractivity contribution >= 4 is 15.9 Å². The number of amides is 1. The molecule has 2 atom stereocenters. The number of piperidine rings is 1. The molecule has 0 aromatic heterocycles. The normalized spacial score (nSPS) is 22.1. The fourth-order valence-electron chi connectivity index (χ4n) is 2.12. The summed E-state index contributed by atoms with van der Waals surface area (Å²) in [5, 5.41) is 0. The molecule has 1 rings (SSSR count). The molecule has 0 spiro atoms. The Labute approximate surface area is 121 Å². The number of ether oxygens (including phenoxy) is 1. The van der Waals surface area contributed by atoms with Gasteiger partial charge in [-0.25, -0.2) is 13.1 Å². The van der Waals surface area contributed by atoms with E-state index in [1.807, 2.05) is 0 Å². The summed E-state index contributed by atoms with van der Waals surface area (Å²) in [5.74, 6) is -0.570. The lowest BCUT2D eigenvalue weighted by molar-refractivity contribution is -0.188. The smallest absolute Gasteiger partial charge is 0.359 e. The van der Waals surface area contributed by atoms with Gasteiger partial charge in [0.05, 0.1) is 6.26 Å². The number of hydrogen-bond donors (Lipinski definition) is 1. The fraction of sp³-hybridized carbons (Fsp3) is 0.909. The minimum absolute atomic E-state index is 0.131. The molecule has 0 saturated carbocycles. The number of halogens is 3. The highest BCUT2D eigenvalue weighted by Crippen LogP contribution is 2.17. The molecule has 1 aliphatic heterocycles. The molecule has 0 aromatic carbocycles. The van der Waals surface area contributed by atoms with Crippen LogP contribution in [-0.2, 0) is 19.6 Å². The quantitative estimate of drug-likeness (QED) is 0.795. The maximum absolute atomic E-state index is 12.0. The first-order valence-electron chi connectivity index (χ1n) is 6.42. The number of hydrogen-bond acceptors (Lipinski definition) is 4. The van der Waals surface area contributed by atoms with Crippen LogP contribution < -0.4 is 4.72 Å². The van der Waals surface area contributed by atoms with Gasteiger partial charge in [0.1, 0.15) is 12.7 Å². The molecule has 1 saturated heterocycles. The molecule has 0 aromatic rings. The summed E-state index contributed by atoms with van der Waals surface area (Å²) in [4.78, 5) is 13.3. The summed E-state index contributed by atoms with van der Waals surface area (Å²) in [7, 11) is -3.39. The van der Waals surface area contributed by atoms with Crippen LogP contribution in [0.5, 0.6) is 0 Å². The number of nitrogens with one attached hydrogen (secondary N) is 1. The minimum atomic E-state index is -4.49. The Bertz CT molecular complexity index is 467. The van der Waals surface area contributed by atoms with Crippen molar-refractivity contribution in [2.45, 2.75) is 38.1 Å². The van der Waals surface area contributed by atoms with Crippen LogP contribution in [0, 0.1) is 0 Å². The second-order valence-corrected chi connectivity index (χ2v) is 6.86. The third-order valence-electron chi connectivity index (χ3n) is 2.96. The molecule has 21 heavy (non-hydrogen) atoms. The van der Waals surface area contributed by atoms with Crippen LogP contribution in [-0.4, -0.2) is 63.5 Å². The maximum atomic E-state index is 12.0. The number of sulfonamides is 1. The first-order valence-corrected chi connectivity index (χ1v) is 8.31. The molecule has 1 heterocycles. The predicted octanol–water partition coefficient (Wildman–Crippen LogP) is 0.494. The fourth-order valence-corrected chi connectivity index (χ4v) is 2.92. The molecule has 1 fully saturated rings. The van der Waals surface area contributed by atoms with Crippen molar-refractivity contribution in [2.75, 3.05) is 26.0 Å². The molecule has 0 radical (unpaired) electrons. The van der Waals surface area contributed by atoms with Crippen molar-refractivity contribution in [1.29, 1.82) is 0 Å². The van der Waals surface area contributed by atoms with Crippen molar-refractivity contribution in [2.24, 2.45) is 0 Å². The molecule has 1 aliphatic rings. The Balaban J connectivity index is 2.53. The third kappa shape index (κ3) is 7.09. The topological polar surface area (TPSA) is 75.7 Å². The van der Waals surface area contributed by atoms with E-state index in [1.165, 1.54) is 11.8 Å². The van der Waals surface area contributed by atoms with Crippen LogP contribution in [0.3, 0.4) is 0 Å². The van der Waals surface area contributed by atoms with Gasteiger partial charge >= 0.3 is 6.18 Å². The Kier molecular flexibility index (Phi) is 6.00. The largest absolute Gasteiger partial charge is 0.411 e. The van der Waals surface area contributed by atoms with E-state index in [1.54, 1.807) is 0 Å². The highest BCUT2D eigenvalue weighted by atomic mass is 32.2. The number of carbonyl (C=O) groups is 1. The van der Waals surface area contributed by atoms with Crippen molar-refractivity contribution < 1.29 is 31.1 Å². The standard InChI is InChI=1S/C11H19F3N2O4S/c1-8(20-7-11(12,13)14)10(17)16-5-3-4-9(6-16)15-21(2,18)19/h8-9,15H,3-7H2,1-2H3. The van der Waals surface area contributed by atoms with E-state index in [9.17, 15) is 26.4 Å². The zero-order valence-electron chi connectivity index (χ0n) is 11.8. The van der Waals surface area contributed by atoms with E-state index in [4.69, 9.17) is 0 Å². The first kappa shape index (κ1) is 18.2. The molecule has 124 valence electrons. The van der Waals surface area contributed by atoms with Crippen LogP contribution in [0.4, 0.5) is 13.2 Å². The van der Waals surface area contributed by atoms with Crippen molar-refractivity contribution in [3.63, 3.8) is 0 Å². The number of nitrogens with zero attached hydrogens (tertiary/aromatic N) is 1.